The second-order valence-electron chi connectivity index (χ2n) is 9.49. The Balaban J connectivity index is 0.000000694. The number of hydrogen-bond donors (Lipinski definition) is 2. The van der Waals surface area contributed by atoms with Crippen LogP contribution in [0.15, 0.2) is 52.3 Å². The van der Waals surface area contributed by atoms with Crippen molar-refractivity contribution in [1.29, 1.82) is 0 Å². The van der Waals surface area contributed by atoms with E-state index in [4.69, 9.17) is 15.8 Å². The van der Waals surface area contributed by atoms with Gasteiger partial charge in [-0.3, -0.25) is 4.72 Å². The van der Waals surface area contributed by atoms with Gasteiger partial charge in [-0.2, -0.15) is 0 Å². The lowest BCUT2D eigenvalue weighted by Crippen LogP contribution is -2.45. The van der Waals surface area contributed by atoms with Crippen molar-refractivity contribution in [2.45, 2.75) is 108 Å². The van der Waals surface area contributed by atoms with Crippen LogP contribution in [-0.4, -0.2) is 29.9 Å². The van der Waals surface area contributed by atoms with E-state index in [1.165, 1.54) is 62.5 Å². The highest BCUT2D eigenvalue weighted by Gasteiger charge is 2.37. The molecule has 1 aliphatic carbocycles. The standard InChI is InChI=1S/C21H29ClN2O2S2.C6H12.C2H6/c1-7-24(15-11-9-8-10-12-15)17-13-16(22)18(14-19(17)27-23-6)28-26-21(4,5)20(2,3)25;1-2-4-6-5-3-1;1-2/h8-14,23,25H,7H2,1-6H3;1-6H2;1-2H3. The van der Waals surface area contributed by atoms with E-state index in [-0.39, 0.29) is 0 Å². The van der Waals surface area contributed by atoms with Gasteiger partial charge < -0.3 is 14.2 Å². The first-order valence-electron chi connectivity index (χ1n) is 13.2. The van der Waals surface area contributed by atoms with Gasteiger partial charge in [-0.1, -0.05) is 82.2 Å². The molecule has 2 N–H and O–H groups in total. The highest BCUT2D eigenvalue weighted by molar-refractivity contribution is 7.97. The molecule has 0 aliphatic heterocycles. The average Bonchev–Trinajstić information content (AvgIpc) is 2.88. The minimum atomic E-state index is -0.985. The van der Waals surface area contributed by atoms with Gasteiger partial charge in [0.05, 0.1) is 21.2 Å². The lowest BCUT2D eigenvalue weighted by Gasteiger charge is -2.36. The van der Waals surface area contributed by atoms with Gasteiger partial charge in [-0.15, -0.1) is 0 Å². The fourth-order valence-electron chi connectivity index (χ4n) is 3.40. The van der Waals surface area contributed by atoms with Gasteiger partial charge in [-0.25, -0.2) is 0 Å². The summed E-state index contributed by atoms with van der Waals surface area (Å²) in [5.41, 5.74) is 0.416. The van der Waals surface area contributed by atoms with Crippen molar-refractivity contribution in [2.24, 2.45) is 0 Å². The molecule has 0 radical (unpaired) electrons. The lowest BCUT2D eigenvalue weighted by atomic mass is 9.90. The molecule has 2 aromatic rings. The molecule has 2 aromatic carbocycles. The van der Waals surface area contributed by atoms with Crippen LogP contribution < -0.4 is 9.62 Å². The van der Waals surface area contributed by atoms with Crippen molar-refractivity contribution in [1.82, 2.24) is 4.72 Å². The predicted molar refractivity (Wildman–Crippen MR) is 162 cm³/mol. The second-order valence-corrected chi connectivity index (χ2v) is 11.7. The van der Waals surface area contributed by atoms with E-state index in [1.54, 1.807) is 13.8 Å². The van der Waals surface area contributed by atoms with Crippen molar-refractivity contribution in [2.75, 3.05) is 18.5 Å². The maximum atomic E-state index is 10.3. The third-order valence-corrected chi connectivity index (χ3v) is 8.41. The van der Waals surface area contributed by atoms with E-state index in [1.807, 2.05) is 65.1 Å². The first-order chi connectivity index (χ1) is 17.1. The molecule has 0 aromatic heterocycles. The topological polar surface area (TPSA) is 44.7 Å². The molecule has 3 rings (SSSR count). The minimum absolute atomic E-state index is 0.612. The Morgan fingerprint density at radius 1 is 0.944 bits per heavy atom. The maximum absolute atomic E-state index is 10.3. The van der Waals surface area contributed by atoms with Gasteiger partial charge in [0.2, 0.25) is 0 Å². The zero-order valence-corrected chi connectivity index (χ0v) is 25.9. The van der Waals surface area contributed by atoms with Crippen LogP contribution in [0.25, 0.3) is 0 Å². The van der Waals surface area contributed by atoms with Crippen LogP contribution in [-0.2, 0) is 4.18 Å². The molecule has 0 heterocycles. The summed E-state index contributed by atoms with van der Waals surface area (Å²) < 4.78 is 9.10. The molecule has 0 saturated heterocycles. The molecule has 0 spiro atoms. The zero-order valence-electron chi connectivity index (χ0n) is 23.5. The number of anilines is 2. The molecular weight excluding hydrogens is 508 g/mol. The van der Waals surface area contributed by atoms with Crippen LogP contribution >= 0.6 is 35.6 Å². The van der Waals surface area contributed by atoms with Gasteiger partial charge in [0.25, 0.3) is 0 Å². The van der Waals surface area contributed by atoms with Crippen LogP contribution in [0.1, 0.15) is 87.0 Å². The molecule has 4 nitrogen and oxygen atoms in total. The van der Waals surface area contributed by atoms with Crippen LogP contribution in [0.4, 0.5) is 11.4 Å². The molecule has 7 heteroatoms. The Morgan fingerprint density at radius 3 is 1.92 bits per heavy atom. The molecule has 0 unspecified atom stereocenters. The summed E-state index contributed by atoms with van der Waals surface area (Å²) in [6.07, 6.45) is 9.00. The van der Waals surface area contributed by atoms with E-state index < -0.39 is 11.2 Å². The van der Waals surface area contributed by atoms with Gasteiger partial charge in [0.1, 0.15) is 5.60 Å². The molecule has 204 valence electrons. The van der Waals surface area contributed by atoms with Crippen LogP contribution in [0.5, 0.6) is 0 Å². The predicted octanol–water partition coefficient (Wildman–Crippen LogP) is 9.66. The quantitative estimate of drug-likeness (QED) is 0.237. The molecule has 0 amide bonds. The van der Waals surface area contributed by atoms with Crippen LogP contribution in [0, 0.1) is 0 Å². The number of halogens is 1. The summed E-state index contributed by atoms with van der Waals surface area (Å²) in [5, 5.41) is 10.9. The summed E-state index contributed by atoms with van der Waals surface area (Å²) in [5.74, 6) is 0. The molecule has 1 saturated carbocycles. The Hall–Kier alpha value is -0.890. The first-order valence-corrected chi connectivity index (χ1v) is 15.1. The van der Waals surface area contributed by atoms with E-state index in [0.29, 0.717) is 5.02 Å². The van der Waals surface area contributed by atoms with Crippen molar-refractivity contribution in [3.8, 4) is 0 Å². The lowest BCUT2D eigenvalue weighted by molar-refractivity contribution is -0.0813. The average molecular weight is 555 g/mol. The zero-order chi connectivity index (χ0) is 27.2. The Morgan fingerprint density at radius 2 is 1.47 bits per heavy atom. The van der Waals surface area contributed by atoms with Gasteiger partial charge in [-0.05, 0) is 77.9 Å². The van der Waals surface area contributed by atoms with Crippen molar-refractivity contribution in [3.05, 3.63) is 47.5 Å². The summed E-state index contributed by atoms with van der Waals surface area (Å²) in [6, 6.07) is 14.2. The number of nitrogens with zero attached hydrogens (tertiary/aromatic N) is 1. The summed E-state index contributed by atoms with van der Waals surface area (Å²) in [7, 11) is 1.89. The van der Waals surface area contributed by atoms with Gasteiger partial charge in [0.15, 0.2) is 0 Å². The SMILES string of the molecule is C1CCCCC1.CC.CCN(c1ccccc1)c1cc(Cl)c(SOC(C)(C)C(C)(C)O)cc1SNC. The Bertz CT molecular complexity index is 858. The number of nitrogens with one attached hydrogen (secondary N) is 1. The third-order valence-electron chi connectivity index (χ3n) is 6.21. The summed E-state index contributed by atoms with van der Waals surface area (Å²) in [6.45, 7) is 14.1. The van der Waals surface area contributed by atoms with Crippen molar-refractivity contribution in [3.63, 3.8) is 0 Å². The molecule has 0 atom stereocenters. The normalized spacial score (nSPS) is 13.7. The van der Waals surface area contributed by atoms with E-state index in [9.17, 15) is 5.11 Å². The number of aliphatic hydroxyl groups is 1. The van der Waals surface area contributed by atoms with E-state index in [0.717, 1.165) is 27.7 Å². The Labute approximate surface area is 234 Å². The van der Waals surface area contributed by atoms with Crippen LogP contribution in [0.3, 0.4) is 0 Å². The van der Waals surface area contributed by atoms with Crippen molar-refractivity contribution >= 4 is 47.0 Å². The van der Waals surface area contributed by atoms with E-state index in [2.05, 4.69) is 28.7 Å². The number of hydrogen-bond acceptors (Lipinski definition) is 6. The molecule has 1 fully saturated rings. The minimum Gasteiger partial charge on any atom is -0.387 e. The fraction of sp³-hybridized carbons (Fsp3) is 0.586. The fourth-order valence-corrected chi connectivity index (χ4v) is 5.21. The number of benzene rings is 2. The third kappa shape index (κ3) is 10.5. The van der Waals surface area contributed by atoms with E-state index >= 15 is 0 Å². The molecule has 0 bridgehead atoms. The molecule has 36 heavy (non-hydrogen) atoms. The molecule has 1 aliphatic rings. The van der Waals surface area contributed by atoms with Crippen LogP contribution in [0.2, 0.25) is 5.02 Å². The summed E-state index contributed by atoms with van der Waals surface area (Å²) in [4.78, 5) is 4.08. The van der Waals surface area contributed by atoms with Gasteiger partial charge in [0, 0.05) is 29.2 Å². The first kappa shape index (κ1) is 33.1. The largest absolute Gasteiger partial charge is 0.387 e. The number of para-hydroxylation sites is 1. The highest BCUT2D eigenvalue weighted by Crippen LogP contribution is 2.42. The monoisotopic (exact) mass is 554 g/mol. The maximum Gasteiger partial charge on any atom is 0.106 e. The number of rotatable bonds is 9. The second kappa shape index (κ2) is 16.8. The summed E-state index contributed by atoms with van der Waals surface area (Å²) >= 11 is 9.34. The van der Waals surface area contributed by atoms with Crippen molar-refractivity contribution < 1.29 is 9.29 Å². The highest BCUT2D eigenvalue weighted by atomic mass is 35.5. The Kier molecular flexibility index (Phi) is 15.5. The molecular formula is C29H47ClN2O2S2. The van der Waals surface area contributed by atoms with Gasteiger partial charge >= 0.3 is 0 Å². The smallest absolute Gasteiger partial charge is 0.106 e.